The highest BCUT2D eigenvalue weighted by Gasteiger charge is 2.23. The Morgan fingerprint density at radius 3 is 2.74 bits per heavy atom. The van der Waals surface area contributed by atoms with Gasteiger partial charge in [0.1, 0.15) is 11.4 Å². The molecule has 0 aliphatic rings. The van der Waals surface area contributed by atoms with Gasteiger partial charge in [-0.05, 0) is 6.92 Å². The number of nitrogens with zero attached hydrogens (tertiary/aromatic N) is 2. The second-order valence-corrected chi connectivity index (χ2v) is 3.47. The summed E-state index contributed by atoms with van der Waals surface area (Å²) in [7, 11) is 0. The maximum atomic E-state index is 12.6. The minimum Gasteiger partial charge on any atom is -0.466 e. The number of hydrogen-bond donors (Lipinski definition) is 1. The van der Waals surface area contributed by atoms with Crippen molar-refractivity contribution in [1.82, 2.24) is 4.98 Å². The van der Waals surface area contributed by atoms with Crippen LogP contribution in [0.25, 0.3) is 0 Å². The lowest BCUT2D eigenvalue weighted by molar-refractivity contribution is -0.384. The van der Waals surface area contributed by atoms with Crippen LogP contribution in [0, 0.1) is 10.1 Å². The molecule has 0 saturated carbocycles. The van der Waals surface area contributed by atoms with E-state index in [-0.39, 0.29) is 12.3 Å². The van der Waals surface area contributed by atoms with Crippen LogP contribution in [0.2, 0.25) is 0 Å². The number of pyridine rings is 1. The van der Waals surface area contributed by atoms with Gasteiger partial charge in [0.2, 0.25) is 0 Å². The molecule has 1 rings (SSSR count). The molecular weight excluding hydrogens is 264 g/mol. The van der Waals surface area contributed by atoms with Gasteiger partial charge in [0, 0.05) is 6.07 Å². The molecule has 19 heavy (non-hydrogen) atoms. The molecule has 0 bridgehead atoms. The van der Waals surface area contributed by atoms with E-state index in [1.54, 1.807) is 6.92 Å². The summed E-state index contributed by atoms with van der Waals surface area (Å²) in [6.07, 6.45) is -3.50. The van der Waals surface area contributed by atoms with Crippen LogP contribution >= 0.6 is 0 Å². The van der Waals surface area contributed by atoms with Crippen LogP contribution < -0.4 is 5.73 Å². The van der Waals surface area contributed by atoms with Crippen LogP contribution in [0.1, 0.15) is 24.7 Å². The number of carbonyl (C=O) groups is 1. The molecule has 0 radical (unpaired) electrons. The highest BCUT2D eigenvalue weighted by molar-refractivity contribution is 5.76. The lowest BCUT2D eigenvalue weighted by Crippen LogP contribution is -2.13. The fourth-order valence-electron chi connectivity index (χ4n) is 1.36. The number of rotatable bonds is 5. The van der Waals surface area contributed by atoms with E-state index in [9.17, 15) is 23.7 Å². The zero-order chi connectivity index (χ0) is 14.6. The molecule has 7 nitrogen and oxygen atoms in total. The van der Waals surface area contributed by atoms with E-state index in [1.807, 2.05) is 0 Å². The Morgan fingerprint density at radius 2 is 2.26 bits per heavy atom. The van der Waals surface area contributed by atoms with E-state index in [2.05, 4.69) is 9.72 Å². The second-order valence-electron chi connectivity index (χ2n) is 3.47. The number of nitrogen functional groups attached to an aromatic ring is 1. The van der Waals surface area contributed by atoms with Crippen LogP contribution in [-0.4, -0.2) is 22.5 Å². The normalized spacial score (nSPS) is 10.5. The van der Waals surface area contributed by atoms with Crippen LogP contribution in [-0.2, 0) is 16.0 Å². The molecule has 0 aliphatic carbocycles. The van der Waals surface area contributed by atoms with Crippen molar-refractivity contribution in [2.24, 2.45) is 0 Å². The molecule has 104 valence electrons. The van der Waals surface area contributed by atoms with E-state index in [1.165, 1.54) is 0 Å². The molecule has 1 aromatic heterocycles. The van der Waals surface area contributed by atoms with Crippen molar-refractivity contribution in [3.8, 4) is 0 Å². The average Bonchev–Trinajstić information content (AvgIpc) is 2.31. The molecule has 0 aliphatic heterocycles. The summed E-state index contributed by atoms with van der Waals surface area (Å²) >= 11 is 0. The third-order valence-corrected chi connectivity index (χ3v) is 2.17. The number of anilines is 1. The molecule has 2 N–H and O–H groups in total. The number of nitro groups is 1. The van der Waals surface area contributed by atoms with Crippen LogP contribution in [0.4, 0.5) is 20.2 Å². The first kappa shape index (κ1) is 14.7. The summed E-state index contributed by atoms with van der Waals surface area (Å²) < 4.78 is 29.7. The van der Waals surface area contributed by atoms with Gasteiger partial charge < -0.3 is 10.5 Å². The topological polar surface area (TPSA) is 108 Å². The summed E-state index contributed by atoms with van der Waals surface area (Å²) in [6.45, 7) is 1.65. The van der Waals surface area contributed by atoms with Crippen LogP contribution in [0.3, 0.4) is 0 Å². The fraction of sp³-hybridized carbons (Fsp3) is 0.400. The number of hydrogen-bond acceptors (Lipinski definition) is 6. The molecule has 1 heterocycles. The van der Waals surface area contributed by atoms with E-state index < -0.39 is 40.8 Å². The number of nitrogens with two attached hydrogens (primary N) is 1. The van der Waals surface area contributed by atoms with E-state index >= 15 is 0 Å². The minimum atomic E-state index is -3.00. The van der Waals surface area contributed by atoms with Gasteiger partial charge in [-0.2, -0.15) is 0 Å². The second kappa shape index (κ2) is 6.03. The zero-order valence-electron chi connectivity index (χ0n) is 9.93. The van der Waals surface area contributed by atoms with E-state index in [0.717, 1.165) is 0 Å². The van der Waals surface area contributed by atoms with Crippen molar-refractivity contribution >= 4 is 17.3 Å². The first-order valence-corrected chi connectivity index (χ1v) is 5.24. The standard InChI is InChI=1S/C10H11F2N3O4/c1-2-19-8(16)4-5-9(13)7(15(17)18)3-6(14-5)10(11)12/h3,10H,2,4,13H2,1H3. The number of ether oxygens (including phenoxy) is 1. The molecule has 0 unspecified atom stereocenters. The highest BCUT2D eigenvalue weighted by Crippen LogP contribution is 2.29. The fourth-order valence-corrected chi connectivity index (χ4v) is 1.36. The molecule has 0 fully saturated rings. The first-order chi connectivity index (χ1) is 8.86. The number of halogens is 2. The molecule has 0 saturated heterocycles. The first-order valence-electron chi connectivity index (χ1n) is 5.24. The van der Waals surface area contributed by atoms with E-state index in [0.29, 0.717) is 6.07 Å². The lowest BCUT2D eigenvalue weighted by Gasteiger charge is -2.08. The van der Waals surface area contributed by atoms with Gasteiger partial charge in [0.15, 0.2) is 0 Å². The molecule has 0 atom stereocenters. The lowest BCUT2D eigenvalue weighted by atomic mass is 10.2. The monoisotopic (exact) mass is 275 g/mol. The molecule has 0 aromatic carbocycles. The number of esters is 1. The van der Waals surface area contributed by atoms with Gasteiger partial charge >= 0.3 is 5.97 Å². The third kappa shape index (κ3) is 3.57. The zero-order valence-corrected chi connectivity index (χ0v) is 9.93. The third-order valence-electron chi connectivity index (χ3n) is 2.17. The van der Waals surface area contributed by atoms with Gasteiger partial charge in [-0.15, -0.1) is 0 Å². The summed E-state index contributed by atoms with van der Waals surface area (Å²) in [5.41, 5.74) is 3.23. The van der Waals surface area contributed by atoms with Crippen molar-refractivity contribution in [2.45, 2.75) is 19.8 Å². The molecular formula is C10H11F2N3O4. The quantitative estimate of drug-likeness (QED) is 0.497. The van der Waals surface area contributed by atoms with Gasteiger partial charge in [-0.25, -0.2) is 13.8 Å². The van der Waals surface area contributed by atoms with Crippen LogP contribution in [0.5, 0.6) is 0 Å². The van der Waals surface area contributed by atoms with Gasteiger partial charge in [-0.1, -0.05) is 0 Å². The number of aromatic nitrogens is 1. The Hall–Kier alpha value is -2.32. The molecule has 1 aromatic rings. The van der Waals surface area contributed by atoms with Gasteiger partial charge in [-0.3, -0.25) is 14.9 Å². The predicted octanol–water partition coefficient (Wildman–Crippen LogP) is 1.62. The molecule has 9 heteroatoms. The predicted molar refractivity (Wildman–Crippen MR) is 60.6 cm³/mol. The number of carbonyl (C=O) groups excluding carboxylic acids is 1. The highest BCUT2D eigenvalue weighted by atomic mass is 19.3. The van der Waals surface area contributed by atoms with Gasteiger partial charge in [0.05, 0.1) is 23.6 Å². The Labute approximate surface area is 106 Å². The van der Waals surface area contributed by atoms with Gasteiger partial charge in [0.25, 0.3) is 12.1 Å². The summed E-state index contributed by atoms with van der Waals surface area (Å²) in [5, 5.41) is 10.7. The maximum Gasteiger partial charge on any atom is 0.311 e. The van der Waals surface area contributed by atoms with Crippen molar-refractivity contribution < 1.29 is 23.2 Å². The number of alkyl halides is 2. The average molecular weight is 275 g/mol. The smallest absolute Gasteiger partial charge is 0.311 e. The summed E-state index contributed by atoms with van der Waals surface area (Å²) in [5.74, 6) is -0.748. The molecule has 0 amide bonds. The van der Waals surface area contributed by atoms with Crippen molar-refractivity contribution in [2.75, 3.05) is 12.3 Å². The maximum absolute atomic E-state index is 12.6. The Bertz CT molecular complexity index is 508. The Morgan fingerprint density at radius 1 is 1.63 bits per heavy atom. The Kier molecular flexibility index (Phi) is 4.67. The Balaban J connectivity index is 3.21. The largest absolute Gasteiger partial charge is 0.466 e. The van der Waals surface area contributed by atoms with Crippen molar-refractivity contribution in [3.63, 3.8) is 0 Å². The minimum absolute atomic E-state index is 0.0926. The van der Waals surface area contributed by atoms with E-state index in [4.69, 9.17) is 5.73 Å². The van der Waals surface area contributed by atoms with Crippen LogP contribution in [0.15, 0.2) is 6.07 Å². The van der Waals surface area contributed by atoms with Crippen molar-refractivity contribution in [3.05, 3.63) is 27.6 Å². The van der Waals surface area contributed by atoms with Crippen molar-refractivity contribution in [1.29, 1.82) is 0 Å². The molecule has 0 spiro atoms. The summed E-state index contributed by atoms with van der Waals surface area (Å²) in [6, 6.07) is 0.592. The summed E-state index contributed by atoms with van der Waals surface area (Å²) in [4.78, 5) is 24.5. The SMILES string of the molecule is CCOC(=O)Cc1nc(C(F)F)cc([N+](=O)[O-])c1N.